The number of esters is 1. The second-order valence-electron chi connectivity index (χ2n) is 7.88. The molecule has 0 atom stereocenters. The lowest BCUT2D eigenvalue weighted by molar-refractivity contribution is -0.113. The molecule has 0 saturated carbocycles. The van der Waals surface area contributed by atoms with Crippen molar-refractivity contribution in [2.45, 2.75) is 45.8 Å². The average Bonchev–Trinajstić information content (AvgIpc) is 3.12. The van der Waals surface area contributed by atoms with Crippen molar-refractivity contribution in [1.29, 1.82) is 0 Å². The average molecular weight is 457 g/mol. The number of aryl methyl sites for hydroxylation is 1. The van der Waals surface area contributed by atoms with Crippen LogP contribution in [0, 0.1) is 12.8 Å². The highest BCUT2D eigenvalue weighted by atomic mass is 32.2. The molecule has 1 aromatic carbocycles. The number of carbonyl (C=O) groups excluding carboxylic acids is 2. The molecule has 0 aliphatic rings. The van der Waals surface area contributed by atoms with Gasteiger partial charge in [-0.25, -0.2) is 9.78 Å². The quantitative estimate of drug-likeness (QED) is 0.287. The van der Waals surface area contributed by atoms with Crippen LogP contribution in [-0.4, -0.2) is 38.8 Å². The number of hydrogen-bond acceptors (Lipinski definition) is 6. The number of anilines is 1. The van der Waals surface area contributed by atoms with Crippen LogP contribution in [0.4, 0.5) is 5.69 Å². The number of nitrogens with zero attached hydrogens (tertiary/aromatic N) is 2. The molecule has 170 valence electrons. The molecule has 32 heavy (non-hydrogen) atoms. The Morgan fingerprint density at radius 2 is 1.97 bits per heavy atom. The molecular weight excluding hydrogens is 428 g/mol. The molecule has 2 aromatic heterocycles. The minimum absolute atomic E-state index is 0.0999. The van der Waals surface area contributed by atoms with E-state index in [4.69, 9.17) is 4.74 Å². The van der Waals surface area contributed by atoms with Crippen LogP contribution in [0.3, 0.4) is 0 Å². The molecule has 2 N–H and O–H groups in total. The van der Waals surface area contributed by atoms with Crippen LogP contribution in [0.5, 0.6) is 0 Å². The number of thioether (sulfide) groups is 1. The van der Waals surface area contributed by atoms with Crippen molar-refractivity contribution in [1.82, 2.24) is 14.5 Å². The number of hydrogen-bond donors (Lipinski definition) is 2. The summed E-state index contributed by atoms with van der Waals surface area (Å²) in [5, 5.41) is 3.33. The number of ether oxygens (including phenoxy) is 1. The SMILES string of the molecule is CCOC(=O)c1ccc(NC(=O)CSc2nc3cc(C)[nH]c3c(=O)n2CCC(C)C)cc1. The number of fused-ring (bicyclic) bond motifs is 1. The summed E-state index contributed by atoms with van der Waals surface area (Å²) in [6.45, 7) is 8.67. The predicted molar refractivity (Wildman–Crippen MR) is 126 cm³/mol. The summed E-state index contributed by atoms with van der Waals surface area (Å²) < 4.78 is 6.60. The Balaban J connectivity index is 1.71. The van der Waals surface area contributed by atoms with Crippen molar-refractivity contribution < 1.29 is 14.3 Å². The largest absolute Gasteiger partial charge is 0.462 e. The van der Waals surface area contributed by atoms with E-state index >= 15 is 0 Å². The van der Waals surface area contributed by atoms with Gasteiger partial charge in [-0.1, -0.05) is 25.6 Å². The molecule has 0 bridgehead atoms. The van der Waals surface area contributed by atoms with Crippen molar-refractivity contribution in [2.75, 3.05) is 17.7 Å². The topological polar surface area (TPSA) is 106 Å². The van der Waals surface area contributed by atoms with Crippen molar-refractivity contribution in [2.24, 2.45) is 5.92 Å². The standard InChI is InChI=1S/C23H28N4O4S/c1-5-31-22(30)16-6-8-17(9-7-16)25-19(28)13-32-23-26-18-12-15(4)24-20(18)21(29)27(23)11-10-14(2)3/h6-9,12,14,24H,5,10-11,13H2,1-4H3,(H,25,28). The van der Waals surface area contributed by atoms with Crippen LogP contribution >= 0.6 is 11.8 Å². The molecule has 3 aromatic rings. The molecule has 0 radical (unpaired) electrons. The van der Waals surface area contributed by atoms with Crippen molar-refractivity contribution >= 4 is 40.4 Å². The van der Waals surface area contributed by atoms with Gasteiger partial charge in [0.2, 0.25) is 5.91 Å². The summed E-state index contributed by atoms with van der Waals surface area (Å²) in [5.74, 6) is -0.0970. The van der Waals surface area contributed by atoms with Crippen molar-refractivity contribution in [3.63, 3.8) is 0 Å². The number of carbonyl (C=O) groups is 2. The van der Waals surface area contributed by atoms with Crippen molar-refractivity contribution in [3.8, 4) is 0 Å². The summed E-state index contributed by atoms with van der Waals surface area (Å²) in [6.07, 6.45) is 0.833. The first-order valence-electron chi connectivity index (χ1n) is 10.6. The van der Waals surface area contributed by atoms with Crippen LogP contribution in [0.25, 0.3) is 11.0 Å². The Morgan fingerprint density at radius 3 is 2.62 bits per heavy atom. The van der Waals surface area contributed by atoms with Crippen molar-refractivity contribution in [3.05, 3.63) is 51.9 Å². The van der Waals surface area contributed by atoms with Gasteiger partial charge in [0.25, 0.3) is 5.56 Å². The molecule has 1 amide bonds. The van der Waals surface area contributed by atoms with Gasteiger partial charge in [-0.05, 0) is 56.5 Å². The Labute approximate surface area is 190 Å². The van der Waals surface area contributed by atoms with Crippen LogP contribution in [-0.2, 0) is 16.1 Å². The number of H-pyrrole nitrogens is 1. The molecule has 2 heterocycles. The minimum Gasteiger partial charge on any atom is -0.462 e. The molecule has 0 spiro atoms. The Bertz CT molecular complexity index is 1170. The maximum absolute atomic E-state index is 13.0. The smallest absolute Gasteiger partial charge is 0.338 e. The first-order valence-corrected chi connectivity index (χ1v) is 11.6. The van der Waals surface area contributed by atoms with Gasteiger partial charge in [0, 0.05) is 17.9 Å². The van der Waals surface area contributed by atoms with Gasteiger partial charge in [0.1, 0.15) is 5.52 Å². The number of aromatic nitrogens is 3. The van der Waals surface area contributed by atoms with Crippen LogP contribution in [0.15, 0.2) is 40.3 Å². The van der Waals surface area contributed by atoms with E-state index in [2.05, 4.69) is 29.1 Å². The second kappa shape index (κ2) is 10.5. The lowest BCUT2D eigenvalue weighted by Gasteiger charge is -2.13. The van der Waals surface area contributed by atoms with E-state index in [1.54, 1.807) is 35.8 Å². The van der Waals surface area contributed by atoms with Crippen LogP contribution < -0.4 is 10.9 Å². The van der Waals surface area contributed by atoms with E-state index in [-0.39, 0.29) is 17.2 Å². The molecule has 0 aliphatic heterocycles. The second-order valence-corrected chi connectivity index (χ2v) is 8.82. The molecule has 0 unspecified atom stereocenters. The lowest BCUT2D eigenvalue weighted by Crippen LogP contribution is -2.25. The number of nitrogens with one attached hydrogen (secondary N) is 2. The summed E-state index contributed by atoms with van der Waals surface area (Å²) in [6, 6.07) is 8.35. The molecule has 8 nitrogen and oxygen atoms in total. The van der Waals surface area contributed by atoms with Gasteiger partial charge in [-0.3, -0.25) is 14.2 Å². The van der Waals surface area contributed by atoms with E-state index in [9.17, 15) is 14.4 Å². The lowest BCUT2D eigenvalue weighted by atomic mass is 10.1. The first kappa shape index (κ1) is 23.6. The minimum atomic E-state index is -0.401. The van der Waals surface area contributed by atoms with Crippen LogP contribution in [0.1, 0.15) is 43.2 Å². The van der Waals surface area contributed by atoms with E-state index in [0.29, 0.717) is 46.5 Å². The Morgan fingerprint density at radius 1 is 1.25 bits per heavy atom. The molecule has 3 rings (SSSR count). The van der Waals surface area contributed by atoms with E-state index < -0.39 is 5.97 Å². The third-order valence-corrected chi connectivity index (χ3v) is 5.76. The molecule has 9 heteroatoms. The number of aromatic amines is 1. The third-order valence-electron chi connectivity index (χ3n) is 4.78. The fraction of sp³-hybridized carbons (Fsp3) is 0.391. The summed E-state index contributed by atoms with van der Waals surface area (Å²) in [5.41, 5.74) is 2.83. The molecular formula is C23H28N4O4S. The normalized spacial score (nSPS) is 11.2. The van der Waals surface area contributed by atoms with Gasteiger partial charge >= 0.3 is 5.97 Å². The van der Waals surface area contributed by atoms with E-state index in [1.807, 2.05) is 13.0 Å². The molecule has 0 fully saturated rings. The van der Waals surface area contributed by atoms with Crippen LogP contribution in [0.2, 0.25) is 0 Å². The Hall–Kier alpha value is -3.07. The zero-order valence-electron chi connectivity index (χ0n) is 18.7. The van der Waals surface area contributed by atoms with Gasteiger partial charge in [0.15, 0.2) is 5.16 Å². The number of amides is 1. The zero-order chi connectivity index (χ0) is 23.3. The highest BCUT2D eigenvalue weighted by Gasteiger charge is 2.15. The van der Waals surface area contributed by atoms with Gasteiger partial charge in [-0.2, -0.15) is 0 Å². The molecule has 0 saturated heterocycles. The zero-order valence-corrected chi connectivity index (χ0v) is 19.5. The van der Waals surface area contributed by atoms with Gasteiger partial charge in [-0.15, -0.1) is 0 Å². The first-order chi connectivity index (χ1) is 15.3. The fourth-order valence-electron chi connectivity index (χ4n) is 3.14. The monoisotopic (exact) mass is 456 g/mol. The Kier molecular flexibility index (Phi) is 7.74. The third kappa shape index (κ3) is 5.79. The maximum atomic E-state index is 13.0. The summed E-state index contributed by atoms with van der Waals surface area (Å²) in [4.78, 5) is 44.9. The predicted octanol–water partition coefficient (Wildman–Crippen LogP) is 3.99. The fourth-order valence-corrected chi connectivity index (χ4v) is 3.96. The van der Waals surface area contributed by atoms with E-state index in [1.165, 1.54) is 11.8 Å². The number of benzene rings is 1. The van der Waals surface area contributed by atoms with Gasteiger partial charge < -0.3 is 15.0 Å². The summed E-state index contributed by atoms with van der Waals surface area (Å²) >= 11 is 1.23. The molecule has 0 aliphatic carbocycles. The highest BCUT2D eigenvalue weighted by molar-refractivity contribution is 7.99. The van der Waals surface area contributed by atoms with E-state index in [0.717, 1.165) is 12.1 Å². The highest BCUT2D eigenvalue weighted by Crippen LogP contribution is 2.20. The maximum Gasteiger partial charge on any atom is 0.338 e. The van der Waals surface area contributed by atoms with Gasteiger partial charge in [0.05, 0.1) is 23.4 Å². The summed E-state index contributed by atoms with van der Waals surface area (Å²) in [7, 11) is 0. The number of rotatable bonds is 9.